The summed E-state index contributed by atoms with van der Waals surface area (Å²) in [6.45, 7) is 2.49. The van der Waals surface area contributed by atoms with E-state index in [4.69, 9.17) is 15.3 Å². The molecule has 0 aromatic rings. The van der Waals surface area contributed by atoms with Crippen molar-refractivity contribution in [2.24, 2.45) is 5.73 Å². The molecule has 1 unspecified atom stereocenters. The maximum Gasteiger partial charge on any atom is 0.245 e. The molecule has 1 amide bonds. The van der Waals surface area contributed by atoms with Gasteiger partial charge in [-0.05, 0) is 13.3 Å². The third-order valence-corrected chi connectivity index (χ3v) is 1.25. The first kappa shape index (κ1) is 11.4. The Morgan fingerprint density at radius 3 is 2.83 bits per heavy atom. The zero-order valence-electron chi connectivity index (χ0n) is 7.50. The number of nitrogens with one attached hydrogen (secondary N) is 1. The average molecular weight is 176 g/mol. The third kappa shape index (κ3) is 7.46. The molecule has 3 N–H and O–H groups in total. The fraction of sp³-hybridized carbons (Fsp3) is 0.857. The van der Waals surface area contributed by atoms with Crippen molar-refractivity contribution in [1.82, 2.24) is 5.48 Å². The number of methoxy groups -OCH3 is 1. The summed E-state index contributed by atoms with van der Waals surface area (Å²) in [6.07, 6.45) is 0.829. The molecule has 0 aromatic heterocycles. The van der Waals surface area contributed by atoms with E-state index in [0.29, 0.717) is 6.61 Å². The van der Waals surface area contributed by atoms with Crippen molar-refractivity contribution in [3.05, 3.63) is 0 Å². The maximum absolute atomic E-state index is 10.2. The molecule has 0 rings (SSSR count). The lowest BCUT2D eigenvalue weighted by molar-refractivity contribution is -0.126. The van der Waals surface area contributed by atoms with Gasteiger partial charge in [0.1, 0.15) is 6.61 Å². The molecule has 0 heterocycles. The van der Waals surface area contributed by atoms with E-state index < -0.39 is 5.91 Å². The third-order valence-electron chi connectivity index (χ3n) is 1.25. The van der Waals surface area contributed by atoms with E-state index in [2.05, 4.69) is 5.48 Å². The molecule has 1 atom stereocenters. The van der Waals surface area contributed by atoms with E-state index >= 15 is 0 Å². The van der Waals surface area contributed by atoms with Crippen LogP contribution in [0.15, 0.2) is 0 Å². The smallest absolute Gasteiger partial charge is 0.245 e. The predicted molar refractivity (Wildman–Crippen MR) is 44.2 cm³/mol. The van der Waals surface area contributed by atoms with Crippen LogP contribution in [0.5, 0.6) is 0 Å². The van der Waals surface area contributed by atoms with Crippen LogP contribution in [0.1, 0.15) is 13.3 Å². The first-order valence-electron chi connectivity index (χ1n) is 3.81. The van der Waals surface area contributed by atoms with Crippen molar-refractivity contribution in [2.75, 3.05) is 20.3 Å². The minimum Gasteiger partial charge on any atom is -0.385 e. The van der Waals surface area contributed by atoms with Crippen molar-refractivity contribution in [3.8, 4) is 0 Å². The van der Waals surface area contributed by atoms with Crippen molar-refractivity contribution in [1.29, 1.82) is 0 Å². The summed E-state index contributed by atoms with van der Waals surface area (Å²) < 4.78 is 4.85. The molecule has 0 saturated carbocycles. The van der Waals surface area contributed by atoms with Gasteiger partial charge >= 0.3 is 0 Å². The van der Waals surface area contributed by atoms with Crippen LogP contribution in [0.4, 0.5) is 0 Å². The largest absolute Gasteiger partial charge is 0.385 e. The Labute approximate surface area is 72.2 Å². The van der Waals surface area contributed by atoms with Gasteiger partial charge in [0.25, 0.3) is 0 Å². The van der Waals surface area contributed by atoms with Crippen LogP contribution in [-0.4, -0.2) is 32.3 Å². The number of hydroxylamine groups is 1. The zero-order chi connectivity index (χ0) is 9.40. The molecule has 5 heteroatoms. The number of amides is 1. The quantitative estimate of drug-likeness (QED) is 0.509. The molecule has 0 aliphatic carbocycles. The highest BCUT2D eigenvalue weighted by Gasteiger charge is 2.01. The number of primary amides is 1. The Kier molecular flexibility index (Phi) is 6.64. The van der Waals surface area contributed by atoms with Gasteiger partial charge in [-0.15, -0.1) is 0 Å². The second-order valence-electron chi connectivity index (χ2n) is 2.56. The van der Waals surface area contributed by atoms with Crippen molar-refractivity contribution < 1.29 is 14.4 Å². The summed E-state index contributed by atoms with van der Waals surface area (Å²) in [5, 5.41) is 0. The molecule has 0 bridgehead atoms. The van der Waals surface area contributed by atoms with Gasteiger partial charge in [0.05, 0.1) is 0 Å². The summed E-state index contributed by atoms with van der Waals surface area (Å²) in [6, 6.07) is 0.157. The second kappa shape index (κ2) is 7.02. The summed E-state index contributed by atoms with van der Waals surface area (Å²) in [5.74, 6) is -0.485. The lowest BCUT2D eigenvalue weighted by atomic mass is 10.3. The first-order chi connectivity index (χ1) is 5.66. The molecule has 5 nitrogen and oxygen atoms in total. The molecule has 0 radical (unpaired) electrons. The van der Waals surface area contributed by atoms with Gasteiger partial charge in [-0.1, -0.05) is 0 Å². The van der Waals surface area contributed by atoms with Crippen LogP contribution >= 0.6 is 0 Å². The van der Waals surface area contributed by atoms with Crippen LogP contribution in [-0.2, 0) is 14.4 Å². The molecule has 12 heavy (non-hydrogen) atoms. The predicted octanol–water partition coefficient (Wildman–Crippen LogP) is -0.582. The lowest BCUT2D eigenvalue weighted by Crippen LogP contribution is -2.31. The number of hydrogen-bond donors (Lipinski definition) is 2. The minimum absolute atomic E-state index is 0.0999. The molecule has 0 aliphatic rings. The summed E-state index contributed by atoms with van der Waals surface area (Å²) in [5.41, 5.74) is 7.52. The molecule has 0 aromatic carbocycles. The SMILES string of the molecule is COCCC(C)NOCC(N)=O. The summed E-state index contributed by atoms with van der Waals surface area (Å²) >= 11 is 0. The fourth-order valence-corrected chi connectivity index (χ4v) is 0.609. The first-order valence-corrected chi connectivity index (χ1v) is 3.81. The highest BCUT2D eigenvalue weighted by molar-refractivity contribution is 5.74. The second-order valence-corrected chi connectivity index (χ2v) is 2.56. The van der Waals surface area contributed by atoms with E-state index in [1.165, 1.54) is 0 Å². The molecule has 0 spiro atoms. The summed E-state index contributed by atoms with van der Waals surface area (Å²) in [4.78, 5) is 15.0. The van der Waals surface area contributed by atoms with Crippen molar-refractivity contribution in [2.45, 2.75) is 19.4 Å². The van der Waals surface area contributed by atoms with Crippen LogP contribution in [0.25, 0.3) is 0 Å². The normalized spacial score (nSPS) is 12.8. The van der Waals surface area contributed by atoms with Gasteiger partial charge in [0.15, 0.2) is 0 Å². The molecule has 0 aliphatic heterocycles. The maximum atomic E-state index is 10.2. The number of hydrogen-bond acceptors (Lipinski definition) is 4. The van der Waals surface area contributed by atoms with Crippen molar-refractivity contribution in [3.63, 3.8) is 0 Å². The van der Waals surface area contributed by atoms with Gasteiger partial charge in [-0.3, -0.25) is 9.63 Å². The average Bonchev–Trinajstić information content (AvgIpc) is 2.00. The highest BCUT2D eigenvalue weighted by atomic mass is 16.6. The topological polar surface area (TPSA) is 73.6 Å². The van der Waals surface area contributed by atoms with E-state index in [9.17, 15) is 4.79 Å². The van der Waals surface area contributed by atoms with E-state index in [1.807, 2.05) is 6.92 Å². The van der Waals surface area contributed by atoms with Crippen LogP contribution in [0.3, 0.4) is 0 Å². The van der Waals surface area contributed by atoms with Gasteiger partial charge < -0.3 is 10.5 Å². The van der Waals surface area contributed by atoms with Gasteiger partial charge in [0.2, 0.25) is 5.91 Å². The van der Waals surface area contributed by atoms with E-state index in [-0.39, 0.29) is 12.6 Å². The van der Waals surface area contributed by atoms with Crippen LogP contribution in [0.2, 0.25) is 0 Å². The Balaban J connectivity index is 3.19. The zero-order valence-corrected chi connectivity index (χ0v) is 7.50. The van der Waals surface area contributed by atoms with Crippen molar-refractivity contribution >= 4 is 5.91 Å². The molecular formula is C7H16N2O3. The van der Waals surface area contributed by atoms with E-state index in [1.54, 1.807) is 7.11 Å². The fourth-order valence-electron chi connectivity index (χ4n) is 0.609. The number of carbonyl (C=O) groups is 1. The minimum atomic E-state index is -0.485. The lowest BCUT2D eigenvalue weighted by Gasteiger charge is -2.11. The van der Waals surface area contributed by atoms with E-state index in [0.717, 1.165) is 6.42 Å². The molecular weight excluding hydrogens is 160 g/mol. The number of ether oxygens (including phenoxy) is 1. The Bertz CT molecular complexity index is 130. The Morgan fingerprint density at radius 1 is 1.67 bits per heavy atom. The number of nitrogens with two attached hydrogens (primary N) is 1. The molecule has 0 fully saturated rings. The van der Waals surface area contributed by atoms with Crippen LogP contribution < -0.4 is 11.2 Å². The molecule has 0 saturated heterocycles. The summed E-state index contributed by atoms with van der Waals surface area (Å²) in [7, 11) is 1.64. The monoisotopic (exact) mass is 176 g/mol. The number of carbonyl (C=O) groups excluding carboxylic acids is 1. The highest BCUT2D eigenvalue weighted by Crippen LogP contribution is 1.89. The molecule has 72 valence electrons. The number of rotatable bonds is 7. The van der Waals surface area contributed by atoms with Gasteiger partial charge in [-0.25, -0.2) is 0 Å². The Hall–Kier alpha value is -0.650. The van der Waals surface area contributed by atoms with Crippen LogP contribution in [0, 0.1) is 0 Å². The standard InChI is InChI=1S/C7H16N2O3/c1-6(3-4-11-2)9-12-5-7(8)10/h6,9H,3-5H2,1-2H3,(H2,8,10). The van der Waals surface area contributed by atoms with Gasteiger partial charge in [-0.2, -0.15) is 5.48 Å². The van der Waals surface area contributed by atoms with Gasteiger partial charge in [0, 0.05) is 19.8 Å². The Morgan fingerprint density at radius 2 is 2.33 bits per heavy atom.